The number of ether oxygens (including phenoxy) is 1. The van der Waals surface area contributed by atoms with Crippen molar-refractivity contribution in [2.24, 2.45) is 11.5 Å². The predicted molar refractivity (Wildman–Crippen MR) is 110 cm³/mol. The van der Waals surface area contributed by atoms with E-state index in [1.165, 1.54) is 0 Å². The van der Waals surface area contributed by atoms with Gasteiger partial charge in [0.25, 0.3) is 0 Å². The van der Waals surface area contributed by atoms with Crippen LogP contribution in [0.1, 0.15) is 29.8 Å². The monoisotopic (exact) mass is 418 g/mol. The van der Waals surface area contributed by atoms with Gasteiger partial charge >= 0.3 is 5.97 Å². The number of carbonyl (C=O) groups excluding carboxylic acids is 2. The standard InChI is InChI=1S/C19H27BN4O6/c1-18(8-20-18)11-3-4-12(14(15(11)26)16(27)28)30-10-6-24(7-10)9-19(2,22)17(29)23-5-13(21)25/h3-4,10,20,26H,5-9,22H2,1-2H3,(H2,21,25)(H,23,29)(H,27,28)/t18-,19+/m0/s1. The van der Waals surface area contributed by atoms with Gasteiger partial charge in [-0.2, -0.15) is 0 Å². The molecule has 1 aromatic rings. The maximum Gasteiger partial charge on any atom is 0.343 e. The minimum absolute atomic E-state index is 0.118. The normalized spacial score (nSPS) is 22.9. The second-order valence-corrected chi connectivity index (χ2v) is 8.70. The lowest BCUT2D eigenvalue weighted by Crippen LogP contribution is -2.64. The summed E-state index contributed by atoms with van der Waals surface area (Å²) in [6.45, 7) is 4.36. The van der Waals surface area contributed by atoms with E-state index in [4.69, 9.17) is 16.2 Å². The van der Waals surface area contributed by atoms with Gasteiger partial charge in [0.05, 0.1) is 6.54 Å². The quantitative estimate of drug-likeness (QED) is 0.304. The molecule has 2 heterocycles. The molecule has 7 N–H and O–H groups in total. The lowest BCUT2D eigenvalue weighted by molar-refractivity contribution is -0.129. The molecule has 0 aliphatic carbocycles. The Morgan fingerprint density at radius 3 is 2.57 bits per heavy atom. The van der Waals surface area contributed by atoms with Crippen LogP contribution in [-0.4, -0.2) is 78.0 Å². The summed E-state index contributed by atoms with van der Waals surface area (Å²) in [5.74, 6) is -2.52. The Balaban J connectivity index is 1.60. The minimum atomic E-state index is -1.24. The number of likely N-dealkylation sites (tertiary alicyclic amines) is 1. The Kier molecular flexibility index (Phi) is 5.70. The number of aromatic carboxylic acids is 1. The van der Waals surface area contributed by atoms with Gasteiger partial charge in [0, 0.05) is 19.6 Å². The fraction of sp³-hybridized carbons (Fsp3) is 0.526. The van der Waals surface area contributed by atoms with E-state index in [9.17, 15) is 24.6 Å². The number of nitrogens with one attached hydrogen (secondary N) is 1. The third-order valence-electron chi connectivity index (χ3n) is 5.72. The van der Waals surface area contributed by atoms with Crippen molar-refractivity contribution in [3.63, 3.8) is 0 Å². The van der Waals surface area contributed by atoms with Gasteiger partial charge in [0.2, 0.25) is 11.8 Å². The number of primary amides is 1. The number of amides is 2. The van der Waals surface area contributed by atoms with Crippen LogP contribution in [0.5, 0.6) is 11.5 Å². The van der Waals surface area contributed by atoms with E-state index in [1.54, 1.807) is 19.1 Å². The molecule has 3 rings (SSSR count). The first-order valence-electron chi connectivity index (χ1n) is 9.77. The Bertz CT molecular complexity index is 880. The van der Waals surface area contributed by atoms with E-state index in [0.717, 1.165) is 13.6 Å². The Morgan fingerprint density at radius 2 is 2.03 bits per heavy atom. The molecule has 0 aromatic heterocycles. The zero-order valence-corrected chi connectivity index (χ0v) is 17.1. The summed E-state index contributed by atoms with van der Waals surface area (Å²) in [6.07, 6.45) is 0.608. The summed E-state index contributed by atoms with van der Waals surface area (Å²) in [5, 5.41) is 22.3. The third-order valence-corrected chi connectivity index (χ3v) is 5.72. The molecule has 162 valence electrons. The summed E-state index contributed by atoms with van der Waals surface area (Å²) in [7, 11) is 0.905. The van der Waals surface area contributed by atoms with Crippen molar-refractivity contribution in [1.29, 1.82) is 0 Å². The summed E-state index contributed by atoms with van der Waals surface area (Å²) < 4.78 is 5.81. The molecule has 30 heavy (non-hydrogen) atoms. The fourth-order valence-electron chi connectivity index (χ4n) is 3.63. The number of aromatic hydroxyl groups is 1. The molecule has 2 saturated heterocycles. The third kappa shape index (κ3) is 4.52. The smallest absolute Gasteiger partial charge is 0.343 e. The summed E-state index contributed by atoms with van der Waals surface area (Å²) in [4.78, 5) is 36.5. The zero-order chi connectivity index (χ0) is 22.3. The van der Waals surface area contributed by atoms with Crippen LogP contribution in [0.25, 0.3) is 0 Å². The molecule has 0 unspecified atom stereocenters. The molecule has 0 radical (unpaired) electrons. The van der Waals surface area contributed by atoms with Gasteiger partial charge in [-0.15, -0.1) is 0 Å². The summed E-state index contributed by atoms with van der Waals surface area (Å²) >= 11 is 0. The lowest BCUT2D eigenvalue weighted by Gasteiger charge is -2.42. The van der Waals surface area contributed by atoms with Crippen molar-refractivity contribution in [3.8, 4) is 11.5 Å². The molecule has 10 nitrogen and oxygen atoms in total. The lowest BCUT2D eigenvalue weighted by atomic mass is 9.81. The van der Waals surface area contributed by atoms with E-state index in [-0.39, 0.29) is 41.6 Å². The number of benzene rings is 1. The minimum Gasteiger partial charge on any atom is -0.507 e. The molecule has 2 fully saturated rings. The van der Waals surface area contributed by atoms with Crippen LogP contribution in [0.15, 0.2) is 12.1 Å². The van der Waals surface area contributed by atoms with E-state index in [0.29, 0.717) is 18.7 Å². The predicted octanol–water partition coefficient (Wildman–Crippen LogP) is -1.44. The van der Waals surface area contributed by atoms with Gasteiger partial charge in [0.15, 0.2) is 0 Å². The number of hydrogen-bond donors (Lipinski definition) is 5. The molecule has 2 amide bonds. The van der Waals surface area contributed by atoms with Crippen LogP contribution in [0.4, 0.5) is 0 Å². The van der Waals surface area contributed by atoms with Gasteiger partial charge in [-0.3, -0.25) is 14.5 Å². The average molecular weight is 418 g/mol. The topological polar surface area (TPSA) is 168 Å². The van der Waals surface area contributed by atoms with Crippen LogP contribution in [0.3, 0.4) is 0 Å². The molecule has 2 atom stereocenters. The second-order valence-electron chi connectivity index (χ2n) is 8.70. The number of carbonyl (C=O) groups is 3. The van der Waals surface area contributed by atoms with Crippen LogP contribution in [0.2, 0.25) is 6.32 Å². The summed E-state index contributed by atoms with van der Waals surface area (Å²) in [5.41, 5.74) is 10.2. The molecule has 0 spiro atoms. The Morgan fingerprint density at radius 1 is 1.40 bits per heavy atom. The van der Waals surface area contributed by atoms with E-state index >= 15 is 0 Å². The van der Waals surface area contributed by atoms with Crippen molar-refractivity contribution in [1.82, 2.24) is 10.2 Å². The molecular formula is C19H27BN4O6. The molecule has 0 bridgehead atoms. The van der Waals surface area contributed by atoms with Gasteiger partial charge in [-0.1, -0.05) is 19.3 Å². The van der Waals surface area contributed by atoms with Crippen molar-refractivity contribution in [2.75, 3.05) is 26.2 Å². The number of carboxylic acid groups (broad SMARTS) is 1. The SMILES string of the molecule is C[C@]1(c2ccc(OC3CN(C[C@@](C)(N)C(=O)NCC(N)=O)C3)c(C(=O)O)c2O)BC1. The van der Waals surface area contributed by atoms with Crippen molar-refractivity contribution in [3.05, 3.63) is 23.3 Å². The van der Waals surface area contributed by atoms with Crippen LogP contribution >= 0.6 is 0 Å². The average Bonchev–Trinajstić information content (AvgIpc) is 3.35. The Labute approximate surface area is 174 Å². The molecule has 1 aromatic carbocycles. The number of nitrogens with zero attached hydrogens (tertiary/aromatic N) is 1. The van der Waals surface area contributed by atoms with Gasteiger partial charge in [0.1, 0.15) is 36.0 Å². The molecule has 2 aliphatic heterocycles. The number of phenols is 1. The van der Waals surface area contributed by atoms with Crippen LogP contribution in [-0.2, 0) is 14.9 Å². The molecule has 11 heteroatoms. The van der Waals surface area contributed by atoms with E-state index < -0.39 is 23.3 Å². The first-order chi connectivity index (χ1) is 13.9. The van der Waals surface area contributed by atoms with Gasteiger partial charge < -0.3 is 31.7 Å². The molecule has 2 aliphatic rings. The first-order valence-corrected chi connectivity index (χ1v) is 9.77. The number of nitrogens with two attached hydrogens (primary N) is 2. The number of carboxylic acids is 1. The van der Waals surface area contributed by atoms with Gasteiger partial charge in [-0.25, -0.2) is 4.79 Å². The Hall–Kier alpha value is -2.79. The molecular weight excluding hydrogens is 391 g/mol. The van der Waals surface area contributed by atoms with Crippen LogP contribution in [0, 0.1) is 0 Å². The van der Waals surface area contributed by atoms with Crippen molar-refractivity contribution < 1.29 is 29.3 Å². The van der Waals surface area contributed by atoms with Crippen molar-refractivity contribution >= 4 is 25.1 Å². The first kappa shape index (κ1) is 21.9. The highest BCUT2D eigenvalue weighted by Crippen LogP contribution is 2.47. The second kappa shape index (κ2) is 7.80. The number of hydrogen-bond acceptors (Lipinski definition) is 7. The maximum atomic E-state index is 12.1. The van der Waals surface area contributed by atoms with Crippen LogP contribution < -0.4 is 21.5 Å². The fourth-order valence-corrected chi connectivity index (χ4v) is 3.63. The summed E-state index contributed by atoms with van der Waals surface area (Å²) in [6, 6.07) is 3.32. The highest BCUT2D eigenvalue weighted by Gasteiger charge is 2.44. The largest absolute Gasteiger partial charge is 0.507 e. The van der Waals surface area contributed by atoms with E-state index in [2.05, 4.69) is 5.32 Å². The van der Waals surface area contributed by atoms with Gasteiger partial charge in [-0.05, 0) is 23.9 Å². The van der Waals surface area contributed by atoms with E-state index in [1.807, 2.05) is 11.8 Å². The number of rotatable bonds is 9. The highest BCUT2D eigenvalue weighted by atomic mass is 16.5. The zero-order valence-electron chi connectivity index (χ0n) is 17.1. The maximum absolute atomic E-state index is 12.1. The highest BCUT2D eigenvalue weighted by molar-refractivity contribution is 6.54. The molecule has 0 saturated carbocycles. The van der Waals surface area contributed by atoms with Crippen molar-refractivity contribution in [2.45, 2.75) is 37.1 Å².